The highest BCUT2D eigenvalue weighted by Crippen LogP contribution is 2.20. The standard InChI is InChI=1S/C4H9ClS2/c1-4(2,5)3-7-6/h6H,3H2,1-2H3. The Hall–Kier alpha value is 0.990. The van der Waals surface area contributed by atoms with E-state index < -0.39 is 0 Å². The van der Waals surface area contributed by atoms with Crippen molar-refractivity contribution in [2.24, 2.45) is 0 Å². The molecular formula is C4H9ClS2. The minimum atomic E-state index is -0.0909. The van der Waals surface area contributed by atoms with E-state index >= 15 is 0 Å². The fraction of sp³-hybridized carbons (Fsp3) is 1.00. The van der Waals surface area contributed by atoms with Crippen LogP contribution >= 0.6 is 34.1 Å². The van der Waals surface area contributed by atoms with Gasteiger partial charge in [0.25, 0.3) is 0 Å². The van der Waals surface area contributed by atoms with Gasteiger partial charge in [0.05, 0.1) is 0 Å². The number of hydrogen-bond acceptors (Lipinski definition) is 2. The second kappa shape index (κ2) is 3.10. The van der Waals surface area contributed by atoms with Crippen LogP contribution in [0.2, 0.25) is 0 Å². The maximum Gasteiger partial charge on any atom is 0.0489 e. The van der Waals surface area contributed by atoms with Crippen molar-refractivity contribution in [2.45, 2.75) is 18.7 Å². The number of halogens is 1. The summed E-state index contributed by atoms with van der Waals surface area (Å²) < 4.78 is 0. The summed E-state index contributed by atoms with van der Waals surface area (Å²) in [6, 6.07) is 0. The molecule has 0 aromatic heterocycles. The van der Waals surface area contributed by atoms with Crippen molar-refractivity contribution in [3.8, 4) is 0 Å². The fourth-order valence-corrected chi connectivity index (χ4v) is 1.82. The molecule has 0 atom stereocenters. The molecule has 0 rings (SSSR count). The Kier molecular flexibility index (Phi) is 3.54. The van der Waals surface area contributed by atoms with Crippen molar-refractivity contribution in [2.75, 3.05) is 5.75 Å². The molecule has 3 heteroatoms. The van der Waals surface area contributed by atoms with E-state index in [0.29, 0.717) is 0 Å². The quantitative estimate of drug-likeness (QED) is 0.364. The van der Waals surface area contributed by atoms with Crippen molar-refractivity contribution in [3.63, 3.8) is 0 Å². The Morgan fingerprint density at radius 2 is 2.14 bits per heavy atom. The molecule has 0 nitrogen and oxygen atoms in total. The Bertz CT molecular complexity index is 48.1. The van der Waals surface area contributed by atoms with E-state index in [1.807, 2.05) is 13.8 Å². The average Bonchev–Trinajstić information content (AvgIpc) is 1.30. The molecule has 0 aromatic carbocycles. The van der Waals surface area contributed by atoms with Gasteiger partial charge < -0.3 is 0 Å². The highest BCUT2D eigenvalue weighted by Gasteiger charge is 2.10. The highest BCUT2D eigenvalue weighted by molar-refractivity contribution is 8.68. The zero-order chi connectivity index (χ0) is 5.91. The molecule has 0 amide bonds. The third-order valence-corrected chi connectivity index (χ3v) is 1.94. The van der Waals surface area contributed by atoms with Crippen LogP contribution < -0.4 is 0 Å². The van der Waals surface area contributed by atoms with Crippen LogP contribution in [0.15, 0.2) is 0 Å². The molecule has 0 bridgehead atoms. The van der Waals surface area contributed by atoms with Crippen LogP contribution in [0.3, 0.4) is 0 Å². The summed E-state index contributed by atoms with van der Waals surface area (Å²) in [6.45, 7) is 3.94. The largest absolute Gasteiger partial charge is 0.119 e. The van der Waals surface area contributed by atoms with Crippen LogP contribution in [0.4, 0.5) is 0 Å². The van der Waals surface area contributed by atoms with Gasteiger partial charge in [0.15, 0.2) is 0 Å². The van der Waals surface area contributed by atoms with E-state index in [-0.39, 0.29) is 4.87 Å². The Morgan fingerprint density at radius 3 is 2.14 bits per heavy atom. The van der Waals surface area contributed by atoms with E-state index in [4.69, 9.17) is 11.6 Å². The molecule has 0 spiro atoms. The molecule has 0 aliphatic heterocycles. The molecule has 44 valence electrons. The highest BCUT2D eigenvalue weighted by atomic mass is 35.5. The predicted molar refractivity (Wildman–Crippen MR) is 41.4 cm³/mol. The van der Waals surface area contributed by atoms with Crippen LogP contribution in [0, 0.1) is 0 Å². The molecule has 0 aromatic rings. The molecule has 0 aliphatic rings. The van der Waals surface area contributed by atoms with Crippen LogP contribution in [-0.4, -0.2) is 10.6 Å². The SMILES string of the molecule is CC(C)(Cl)CSS. The van der Waals surface area contributed by atoms with E-state index in [9.17, 15) is 0 Å². The lowest BCUT2D eigenvalue weighted by Crippen LogP contribution is -2.11. The second-order valence-electron chi connectivity index (χ2n) is 1.99. The molecule has 0 saturated carbocycles. The maximum atomic E-state index is 5.76. The van der Waals surface area contributed by atoms with Crippen LogP contribution in [0.25, 0.3) is 0 Å². The van der Waals surface area contributed by atoms with Crippen LogP contribution in [0.5, 0.6) is 0 Å². The van der Waals surface area contributed by atoms with Crippen LogP contribution in [0.1, 0.15) is 13.8 Å². The minimum absolute atomic E-state index is 0.0909. The molecule has 0 radical (unpaired) electrons. The number of thiol groups is 1. The molecular weight excluding hydrogens is 148 g/mol. The zero-order valence-corrected chi connectivity index (χ0v) is 6.91. The molecule has 0 heterocycles. The summed E-state index contributed by atoms with van der Waals surface area (Å²) in [5.41, 5.74) is 0. The zero-order valence-electron chi connectivity index (χ0n) is 4.44. The average molecular weight is 157 g/mol. The van der Waals surface area contributed by atoms with Gasteiger partial charge in [-0.3, -0.25) is 0 Å². The first kappa shape index (κ1) is 7.99. The summed E-state index contributed by atoms with van der Waals surface area (Å²) in [4.78, 5) is -0.0909. The van der Waals surface area contributed by atoms with Gasteiger partial charge in [-0.15, -0.1) is 23.3 Å². The number of hydrogen-bond donors (Lipinski definition) is 1. The summed E-state index contributed by atoms with van der Waals surface area (Å²) in [5, 5.41) is 0. The van der Waals surface area contributed by atoms with Crippen molar-refractivity contribution in [1.82, 2.24) is 0 Å². The monoisotopic (exact) mass is 156 g/mol. The Morgan fingerprint density at radius 1 is 1.71 bits per heavy atom. The van der Waals surface area contributed by atoms with Crippen LogP contribution in [-0.2, 0) is 0 Å². The summed E-state index contributed by atoms with van der Waals surface area (Å²) in [5.74, 6) is 0.887. The molecule has 7 heavy (non-hydrogen) atoms. The summed E-state index contributed by atoms with van der Waals surface area (Å²) >= 11 is 9.71. The van der Waals surface area contributed by atoms with Crippen molar-refractivity contribution in [1.29, 1.82) is 0 Å². The lowest BCUT2D eigenvalue weighted by atomic mass is 10.3. The van der Waals surface area contributed by atoms with Crippen molar-refractivity contribution in [3.05, 3.63) is 0 Å². The summed E-state index contributed by atoms with van der Waals surface area (Å²) in [6.07, 6.45) is 0. The molecule has 0 saturated heterocycles. The van der Waals surface area contributed by atoms with Crippen molar-refractivity contribution < 1.29 is 0 Å². The van der Waals surface area contributed by atoms with Crippen molar-refractivity contribution >= 4 is 34.1 Å². The van der Waals surface area contributed by atoms with Gasteiger partial charge in [-0.1, -0.05) is 10.8 Å². The van der Waals surface area contributed by atoms with Gasteiger partial charge in [-0.2, -0.15) is 0 Å². The third-order valence-electron chi connectivity index (χ3n) is 0.408. The van der Waals surface area contributed by atoms with E-state index in [0.717, 1.165) is 5.75 Å². The Balaban J connectivity index is 3.15. The molecule has 0 unspecified atom stereocenters. The van der Waals surface area contributed by atoms with Gasteiger partial charge in [0.1, 0.15) is 0 Å². The Labute approximate surface area is 58.8 Å². The predicted octanol–water partition coefficient (Wildman–Crippen LogP) is 2.58. The number of rotatable bonds is 2. The van der Waals surface area contributed by atoms with Gasteiger partial charge in [0, 0.05) is 10.6 Å². The minimum Gasteiger partial charge on any atom is -0.119 e. The first-order valence-electron chi connectivity index (χ1n) is 2.01. The first-order chi connectivity index (χ1) is 3.06. The van der Waals surface area contributed by atoms with Gasteiger partial charge in [-0.05, 0) is 13.8 Å². The smallest absolute Gasteiger partial charge is 0.0489 e. The maximum absolute atomic E-state index is 5.76. The van der Waals surface area contributed by atoms with Gasteiger partial charge >= 0.3 is 0 Å². The molecule has 0 fully saturated rings. The van der Waals surface area contributed by atoms with Gasteiger partial charge in [-0.25, -0.2) is 0 Å². The fourth-order valence-electron chi connectivity index (χ4n) is 0.153. The molecule has 0 aliphatic carbocycles. The summed E-state index contributed by atoms with van der Waals surface area (Å²) in [7, 11) is 1.47. The van der Waals surface area contributed by atoms with E-state index in [1.165, 1.54) is 10.8 Å². The third kappa shape index (κ3) is 6.99. The van der Waals surface area contributed by atoms with E-state index in [2.05, 4.69) is 11.7 Å². The van der Waals surface area contributed by atoms with Gasteiger partial charge in [0.2, 0.25) is 0 Å². The topological polar surface area (TPSA) is 0 Å². The van der Waals surface area contributed by atoms with E-state index in [1.54, 1.807) is 0 Å². The number of alkyl halides is 1. The lowest BCUT2D eigenvalue weighted by Gasteiger charge is -2.11. The lowest BCUT2D eigenvalue weighted by molar-refractivity contribution is 0.803. The second-order valence-corrected chi connectivity index (χ2v) is 4.34. The first-order valence-corrected chi connectivity index (χ1v) is 4.43. The normalized spacial score (nSPS) is 12.0. The molecule has 0 N–H and O–H groups in total.